The van der Waals surface area contributed by atoms with Crippen molar-refractivity contribution in [3.63, 3.8) is 0 Å². The second kappa shape index (κ2) is 3.56. The Morgan fingerprint density at radius 1 is 1.42 bits per heavy atom. The Kier molecular flexibility index (Phi) is 2.89. The molecule has 0 atom stereocenters. The van der Waals surface area contributed by atoms with Gasteiger partial charge in [0.25, 0.3) is 0 Å². The van der Waals surface area contributed by atoms with Crippen molar-refractivity contribution in [2.75, 3.05) is 0 Å². The van der Waals surface area contributed by atoms with Crippen LogP contribution >= 0.6 is 0 Å². The SMILES string of the molecule is CCC(CC)C(=O)C1(N)CCC1. The summed E-state index contributed by atoms with van der Waals surface area (Å²) in [5.41, 5.74) is 5.52. The molecule has 0 heterocycles. The Bertz CT molecular complexity index is 169. The highest BCUT2D eigenvalue weighted by Crippen LogP contribution is 2.33. The first-order valence-corrected chi connectivity index (χ1v) is 4.97. The summed E-state index contributed by atoms with van der Waals surface area (Å²) in [5, 5.41) is 0. The van der Waals surface area contributed by atoms with Crippen molar-refractivity contribution in [2.24, 2.45) is 11.7 Å². The first kappa shape index (κ1) is 9.72. The molecule has 0 aromatic heterocycles. The molecule has 2 nitrogen and oxygen atoms in total. The monoisotopic (exact) mass is 169 g/mol. The highest BCUT2D eigenvalue weighted by molar-refractivity contribution is 5.91. The fourth-order valence-corrected chi connectivity index (χ4v) is 1.87. The van der Waals surface area contributed by atoms with Crippen LogP contribution in [-0.2, 0) is 4.79 Å². The molecule has 0 saturated heterocycles. The van der Waals surface area contributed by atoms with E-state index < -0.39 is 5.54 Å². The molecule has 0 amide bonds. The maximum Gasteiger partial charge on any atom is 0.155 e. The van der Waals surface area contributed by atoms with Gasteiger partial charge in [0.1, 0.15) is 0 Å². The molecule has 1 fully saturated rings. The summed E-state index contributed by atoms with van der Waals surface area (Å²) >= 11 is 0. The molecule has 0 bridgehead atoms. The lowest BCUT2D eigenvalue weighted by Gasteiger charge is -2.38. The van der Waals surface area contributed by atoms with Gasteiger partial charge in [-0.3, -0.25) is 4.79 Å². The third-order valence-corrected chi connectivity index (χ3v) is 3.09. The van der Waals surface area contributed by atoms with Crippen LogP contribution in [0.15, 0.2) is 0 Å². The third-order valence-electron chi connectivity index (χ3n) is 3.09. The Morgan fingerprint density at radius 3 is 2.17 bits per heavy atom. The minimum absolute atomic E-state index is 0.204. The van der Waals surface area contributed by atoms with Crippen LogP contribution < -0.4 is 5.73 Å². The van der Waals surface area contributed by atoms with E-state index in [-0.39, 0.29) is 5.92 Å². The van der Waals surface area contributed by atoms with Gasteiger partial charge in [-0.25, -0.2) is 0 Å². The number of hydrogen-bond acceptors (Lipinski definition) is 2. The number of carbonyl (C=O) groups excluding carboxylic acids is 1. The van der Waals surface area contributed by atoms with E-state index in [9.17, 15) is 4.79 Å². The van der Waals surface area contributed by atoms with Crippen LogP contribution in [0.5, 0.6) is 0 Å². The van der Waals surface area contributed by atoms with E-state index in [1.165, 1.54) is 0 Å². The van der Waals surface area contributed by atoms with Crippen LogP contribution in [0.1, 0.15) is 46.0 Å². The van der Waals surface area contributed by atoms with E-state index in [1.807, 2.05) is 0 Å². The van der Waals surface area contributed by atoms with Crippen LogP contribution in [0.2, 0.25) is 0 Å². The largest absolute Gasteiger partial charge is 0.319 e. The van der Waals surface area contributed by atoms with E-state index in [2.05, 4.69) is 13.8 Å². The number of Topliss-reactive ketones (excluding diaryl/α,β-unsaturated/α-hetero) is 1. The number of nitrogens with two attached hydrogens (primary N) is 1. The van der Waals surface area contributed by atoms with Crippen LogP contribution in [0, 0.1) is 5.92 Å². The lowest BCUT2D eigenvalue weighted by atomic mass is 9.70. The average molecular weight is 169 g/mol. The van der Waals surface area contributed by atoms with Crippen LogP contribution in [0.25, 0.3) is 0 Å². The van der Waals surface area contributed by atoms with E-state index in [0.29, 0.717) is 5.78 Å². The molecular weight excluding hydrogens is 150 g/mol. The van der Waals surface area contributed by atoms with Crippen molar-refractivity contribution >= 4 is 5.78 Å². The molecule has 2 heteroatoms. The molecule has 12 heavy (non-hydrogen) atoms. The molecule has 0 aromatic carbocycles. The lowest BCUT2D eigenvalue weighted by molar-refractivity contribution is -0.131. The van der Waals surface area contributed by atoms with Gasteiger partial charge in [0.2, 0.25) is 0 Å². The van der Waals surface area contributed by atoms with Crippen molar-refractivity contribution in [2.45, 2.75) is 51.5 Å². The summed E-state index contributed by atoms with van der Waals surface area (Å²) in [7, 11) is 0. The van der Waals surface area contributed by atoms with Crippen LogP contribution in [0.3, 0.4) is 0 Å². The second-order valence-corrected chi connectivity index (χ2v) is 3.89. The summed E-state index contributed by atoms with van der Waals surface area (Å²) in [6, 6.07) is 0. The van der Waals surface area contributed by atoms with Crippen LogP contribution in [-0.4, -0.2) is 11.3 Å². The summed E-state index contributed by atoms with van der Waals surface area (Å²) in [4.78, 5) is 11.8. The molecule has 70 valence electrons. The van der Waals surface area contributed by atoms with Gasteiger partial charge in [0.05, 0.1) is 5.54 Å². The van der Waals surface area contributed by atoms with E-state index in [4.69, 9.17) is 5.73 Å². The maximum atomic E-state index is 11.8. The van der Waals surface area contributed by atoms with Crippen LogP contribution in [0.4, 0.5) is 0 Å². The van der Waals surface area contributed by atoms with Crippen molar-refractivity contribution in [3.05, 3.63) is 0 Å². The highest BCUT2D eigenvalue weighted by atomic mass is 16.1. The molecule has 2 N–H and O–H groups in total. The lowest BCUT2D eigenvalue weighted by Crippen LogP contribution is -2.55. The Morgan fingerprint density at radius 2 is 1.92 bits per heavy atom. The van der Waals surface area contributed by atoms with Gasteiger partial charge in [-0.1, -0.05) is 13.8 Å². The first-order valence-electron chi connectivity index (χ1n) is 4.97. The van der Waals surface area contributed by atoms with Gasteiger partial charge >= 0.3 is 0 Å². The number of hydrogen-bond donors (Lipinski definition) is 1. The molecule has 1 saturated carbocycles. The summed E-state index contributed by atoms with van der Waals surface area (Å²) in [5.74, 6) is 0.508. The van der Waals surface area contributed by atoms with E-state index in [0.717, 1.165) is 32.1 Å². The summed E-state index contributed by atoms with van der Waals surface area (Å²) in [6.45, 7) is 4.13. The van der Waals surface area contributed by atoms with Gasteiger partial charge < -0.3 is 5.73 Å². The molecular formula is C10H19NO. The zero-order valence-corrected chi connectivity index (χ0v) is 8.10. The fourth-order valence-electron chi connectivity index (χ4n) is 1.87. The van der Waals surface area contributed by atoms with Crippen molar-refractivity contribution in [3.8, 4) is 0 Å². The van der Waals surface area contributed by atoms with Crippen molar-refractivity contribution in [1.82, 2.24) is 0 Å². The van der Waals surface area contributed by atoms with E-state index in [1.54, 1.807) is 0 Å². The number of rotatable bonds is 4. The summed E-state index contributed by atoms with van der Waals surface area (Å²) in [6.07, 6.45) is 4.82. The molecule has 1 rings (SSSR count). The first-order chi connectivity index (χ1) is 5.64. The summed E-state index contributed by atoms with van der Waals surface area (Å²) < 4.78 is 0. The number of carbonyl (C=O) groups is 1. The minimum Gasteiger partial charge on any atom is -0.319 e. The molecule has 0 spiro atoms. The van der Waals surface area contributed by atoms with Gasteiger partial charge in [-0.15, -0.1) is 0 Å². The average Bonchev–Trinajstić information content (AvgIpc) is 2.02. The van der Waals surface area contributed by atoms with Gasteiger partial charge in [0.15, 0.2) is 5.78 Å². The van der Waals surface area contributed by atoms with Crippen molar-refractivity contribution in [1.29, 1.82) is 0 Å². The zero-order valence-electron chi connectivity index (χ0n) is 8.10. The predicted octanol–water partition coefficient (Wildman–Crippen LogP) is 1.87. The fraction of sp³-hybridized carbons (Fsp3) is 0.900. The topological polar surface area (TPSA) is 43.1 Å². The highest BCUT2D eigenvalue weighted by Gasteiger charge is 2.41. The van der Waals surface area contributed by atoms with E-state index >= 15 is 0 Å². The molecule has 0 aliphatic heterocycles. The third kappa shape index (κ3) is 1.53. The minimum atomic E-state index is -0.434. The zero-order chi connectivity index (χ0) is 9.19. The van der Waals surface area contributed by atoms with Gasteiger partial charge in [-0.05, 0) is 32.1 Å². The molecule has 0 unspecified atom stereocenters. The molecule has 1 aliphatic rings. The molecule has 1 aliphatic carbocycles. The second-order valence-electron chi connectivity index (χ2n) is 3.89. The Hall–Kier alpha value is -0.370. The molecule has 0 aromatic rings. The Balaban J connectivity index is 2.55. The standard InChI is InChI=1S/C10H19NO/c1-3-8(4-2)9(12)10(11)6-5-7-10/h8H,3-7,11H2,1-2H3. The maximum absolute atomic E-state index is 11.8. The Labute approximate surface area is 74.5 Å². The predicted molar refractivity (Wildman–Crippen MR) is 49.8 cm³/mol. The van der Waals surface area contributed by atoms with Crippen molar-refractivity contribution < 1.29 is 4.79 Å². The quantitative estimate of drug-likeness (QED) is 0.698. The normalized spacial score (nSPS) is 20.7. The van der Waals surface area contributed by atoms with Gasteiger partial charge in [0, 0.05) is 5.92 Å². The number of ketones is 1. The molecule has 0 radical (unpaired) electrons. The smallest absolute Gasteiger partial charge is 0.155 e. The van der Waals surface area contributed by atoms with Gasteiger partial charge in [-0.2, -0.15) is 0 Å².